The maximum Gasteiger partial charge on any atom is 0.252 e. The van der Waals surface area contributed by atoms with Crippen LogP contribution in [0.2, 0.25) is 0 Å². The zero-order valence-electron chi connectivity index (χ0n) is 10.4. The van der Waals surface area contributed by atoms with Crippen LogP contribution in [0.3, 0.4) is 0 Å². The molecule has 0 aliphatic carbocycles. The second kappa shape index (κ2) is 5.77. The van der Waals surface area contributed by atoms with E-state index in [0.29, 0.717) is 31.1 Å². The molecule has 3 rings (SSSR count). The second-order valence-electron chi connectivity index (χ2n) is 4.87. The third-order valence-corrected chi connectivity index (χ3v) is 3.51. The lowest BCUT2D eigenvalue weighted by molar-refractivity contribution is 0.00859. The maximum absolute atomic E-state index is 5.78. The summed E-state index contributed by atoms with van der Waals surface area (Å²) < 4.78 is 16.3. The number of piperidine rings is 1. The molecular weight excluding hydrogens is 234 g/mol. The predicted molar refractivity (Wildman–Crippen MR) is 63.2 cm³/mol. The Kier molecular flexibility index (Phi) is 3.87. The van der Waals surface area contributed by atoms with Crippen molar-refractivity contribution < 1.29 is 14.0 Å². The Bertz CT molecular complexity index is 370. The summed E-state index contributed by atoms with van der Waals surface area (Å²) in [5, 5.41) is 7.31. The highest BCUT2D eigenvalue weighted by molar-refractivity contribution is 4.97. The highest BCUT2D eigenvalue weighted by atomic mass is 16.5. The Morgan fingerprint density at radius 2 is 2.17 bits per heavy atom. The van der Waals surface area contributed by atoms with Gasteiger partial charge in [0.1, 0.15) is 6.61 Å². The molecule has 1 aromatic heterocycles. The molecule has 2 aliphatic heterocycles. The fraction of sp³-hybridized carbons (Fsp3) is 0.833. The molecule has 0 amide bonds. The molecular formula is C12H19N3O3. The van der Waals surface area contributed by atoms with Crippen LogP contribution in [0.5, 0.6) is 0 Å². The van der Waals surface area contributed by atoms with Crippen LogP contribution in [0.15, 0.2) is 4.52 Å². The van der Waals surface area contributed by atoms with E-state index in [-0.39, 0.29) is 0 Å². The van der Waals surface area contributed by atoms with E-state index in [4.69, 9.17) is 14.0 Å². The van der Waals surface area contributed by atoms with Gasteiger partial charge in [-0.15, -0.1) is 0 Å². The van der Waals surface area contributed by atoms with Gasteiger partial charge in [0.2, 0.25) is 0 Å². The third kappa shape index (κ3) is 2.88. The van der Waals surface area contributed by atoms with Crippen LogP contribution < -0.4 is 5.32 Å². The largest absolute Gasteiger partial charge is 0.381 e. The maximum atomic E-state index is 5.78. The molecule has 0 bridgehead atoms. The van der Waals surface area contributed by atoms with Gasteiger partial charge < -0.3 is 19.3 Å². The van der Waals surface area contributed by atoms with E-state index in [2.05, 4.69) is 15.5 Å². The van der Waals surface area contributed by atoms with E-state index < -0.39 is 0 Å². The van der Waals surface area contributed by atoms with Crippen molar-refractivity contribution in [2.45, 2.75) is 37.9 Å². The zero-order valence-corrected chi connectivity index (χ0v) is 10.4. The number of nitrogens with one attached hydrogen (secondary N) is 1. The smallest absolute Gasteiger partial charge is 0.252 e. The van der Waals surface area contributed by atoms with E-state index in [1.807, 2.05) is 0 Å². The van der Waals surface area contributed by atoms with Gasteiger partial charge in [0.25, 0.3) is 5.89 Å². The minimum atomic E-state index is 0.293. The summed E-state index contributed by atoms with van der Waals surface area (Å²) in [4.78, 5) is 4.38. The lowest BCUT2D eigenvalue weighted by Crippen LogP contribution is -2.32. The van der Waals surface area contributed by atoms with Crippen LogP contribution in [0.1, 0.15) is 36.9 Å². The van der Waals surface area contributed by atoms with Crippen molar-refractivity contribution in [1.29, 1.82) is 0 Å². The quantitative estimate of drug-likeness (QED) is 0.857. The topological polar surface area (TPSA) is 69.4 Å². The van der Waals surface area contributed by atoms with Crippen molar-refractivity contribution in [2.75, 3.05) is 26.3 Å². The van der Waals surface area contributed by atoms with Gasteiger partial charge in [0.15, 0.2) is 5.82 Å². The summed E-state index contributed by atoms with van der Waals surface area (Å²) in [5.74, 6) is 1.63. The summed E-state index contributed by atoms with van der Waals surface area (Å²) in [6.45, 7) is 3.97. The van der Waals surface area contributed by atoms with Crippen LogP contribution in [0.4, 0.5) is 0 Å². The molecule has 6 heteroatoms. The van der Waals surface area contributed by atoms with E-state index in [1.165, 1.54) is 0 Å². The summed E-state index contributed by atoms with van der Waals surface area (Å²) >= 11 is 0. The molecule has 0 saturated carbocycles. The van der Waals surface area contributed by atoms with E-state index in [1.54, 1.807) is 0 Å². The number of hydrogen-bond acceptors (Lipinski definition) is 6. The van der Waals surface area contributed by atoms with Crippen molar-refractivity contribution in [3.05, 3.63) is 11.7 Å². The van der Waals surface area contributed by atoms with Gasteiger partial charge in [-0.2, -0.15) is 4.98 Å². The van der Waals surface area contributed by atoms with Gasteiger partial charge in [0, 0.05) is 12.5 Å². The molecule has 0 spiro atoms. The first-order valence-electron chi connectivity index (χ1n) is 6.64. The van der Waals surface area contributed by atoms with Gasteiger partial charge in [-0.05, 0) is 32.4 Å². The highest BCUT2D eigenvalue weighted by Crippen LogP contribution is 2.22. The van der Waals surface area contributed by atoms with E-state index >= 15 is 0 Å². The van der Waals surface area contributed by atoms with E-state index in [9.17, 15) is 0 Å². The Morgan fingerprint density at radius 3 is 2.94 bits per heavy atom. The Labute approximate surface area is 106 Å². The second-order valence-corrected chi connectivity index (χ2v) is 4.87. The third-order valence-electron chi connectivity index (χ3n) is 3.51. The Morgan fingerprint density at radius 1 is 1.28 bits per heavy atom. The molecule has 0 aromatic carbocycles. The molecule has 2 saturated heterocycles. The SMILES string of the molecule is C1CC(OCc2nc(C3CCOC3)no2)CCN1. The molecule has 1 atom stereocenters. The van der Waals surface area contributed by atoms with Crippen LogP contribution in [-0.2, 0) is 16.1 Å². The van der Waals surface area contributed by atoms with Crippen molar-refractivity contribution >= 4 is 0 Å². The minimum absolute atomic E-state index is 0.293. The summed E-state index contributed by atoms with van der Waals surface area (Å²) in [5.41, 5.74) is 0. The van der Waals surface area contributed by atoms with Crippen LogP contribution in [-0.4, -0.2) is 42.5 Å². The molecule has 3 heterocycles. The average Bonchev–Trinajstić information content (AvgIpc) is 3.08. The van der Waals surface area contributed by atoms with E-state index in [0.717, 1.165) is 44.8 Å². The first-order chi connectivity index (χ1) is 8.92. The molecule has 2 aliphatic rings. The van der Waals surface area contributed by atoms with Crippen molar-refractivity contribution in [3.63, 3.8) is 0 Å². The highest BCUT2D eigenvalue weighted by Gasteiger charge is 2.23. The van der Waals surface area contributed by atoms with Crippen molar-refractivity contribution in [2.24, 2.45) is 0 Å². The standard InChI is InChI=1S/C12H19N3O3/c1-4-13-5-2-10(1)17-8-11-14-12(15-18-11)9-3-6-16-7-9/h9-10,13H,1-8H2. The molecule has 6 nitrogen and oxygen atoms in total. The normalized spacial score (nSPS) is 25.7. The number of aromatic nitrogens is 2. The van der Waals surface area contributed by atoms with Gasteiger partial charge >= 0.3 is 0 Å². The summed E-state index contributed by atoms with van der Waals surface area (Å²) in [6, 6.07) is 0. The summed E-state index contributed by atoms with van der Waals surface area (Å²) in [7, 11) is 0. The molecule has 18 heavy (non-hydrogen) atoms. The first-order valence-corrected chi connectivity index (χ1v) is 6.64. The molecule has 1 aromatic rings. The van der Waals surface area contributed by atoms with Crippen LogP contribution >= 0.6 is 0 Å². The number of ether oxygens (including phenoxy) is 2. The Balaban J connectivity index is 1.50. The molecule has 100 valence electrons. The van der Waals surface area contributed by atoms with Gasteiger partial charge in [-0.25, -0.2) is 0 Å². The number of rotatable bonds is 4. The molecule has 1 unspecified atom stereocenters. The van der Waals surface area contributed by atoms with Crippen molar-refractivity contribution in [1.82, 2.24) is 15.5 Å². The monoisotopic (exact) mass is 253 g/mol. The predicted octanol–water partition coefficient (Wildman–Crippen LogP) is 0.842. The molecule has 2 fully saturated rings. The number of nitrogens with zero attached hydrogens (tertiary/aromatic N) is 2. The molecule has 1 N–H and O–H groups in total. The van der Waals surface area contributed by atoms with Crippen LogP contribution in [0.25, 0.3) is 0 Å². The Hall–Kier alpha value is -0.980. The van der Waals surface area contributed by atoms with Gasteiger partial charge in [0.05, 0.1) is 12.7 Å². The fourth-order valence-corrected chi connectivity index (χ4v) is 2.38. The van der Waals surface area contributed by atoms with Crippen LogP contribution in [0, 0.1) is 0 Å². The lowest BCUT2D eigenvalue weighted by atomic mass is 10.1. The minimum Gasteiger partial charge on any atom is -0.381 e. The number of hydrogen-bond donors (Lipinski definition) is 1. The fourth-order valence-electron chi connectivity index (χ4n) is 2.38. The van der Waals surface area contributed by atoms with Gasteiger partial charge in [-0.1, -0.05) is 5.16 Å². The van der Waals surface area contributed by atoms with Crippen molar-refractivity contribution in [3.8, 4) is 0 Å². The average molecular weight is 253 g/mol. The first kappa shape index (κ1) is 12.1. The molecule has 0 radical (unpaired) electrons. The summed E-state index contributed by atoms with van der Waals surface area (Å²) in [6.07, 6.45) is 3.40. The van der Waals surface area contributed by atoms with Gasteiger partial charge in [-0.3, -0.25) is 0 Å². The zero-order chi connectivity index (χ0) is 12.2. The lowest BCUT2D eigenvalue weighted by Gasteiger charge is -2.21.